The van der Waals surface area contributed by atoms with Crippen molar-refractivity contribution in [1.29, 1.82) is 0 Å². The number of rotatable bonds is 7. The number of hydrogen-bond acceptors (Lipinski definition) is 3. The largest absolute Gasteiger partial charge is 0.310 e. The van der Waals surface area contributed by atoms with Crippen LogP contribution in [0.3, 0.4) is 0 Å². The van der Waals surface area contributed by atoms with Gasteiger partial charge in [-0.15, -0.1) is 0 Å². The lowest BCUT2D eigenvalue weighted by atomic mass is 10.1. The maximum atomic E-state index is 11.3. The standard InChI is InChI=1S/C13H20BrNO2S/c1-3-18(16,17)10-4-9-15-11(2)12-5-7-13(14)8-6-12/h5-8,11,15H,3-4,9-10H2,1-2H3/t11-/m1/s1. The third kappa shape index (κ3) is 5.50. The smallest absolute Gasteiger partial charge is 0.150 e. The predicted molar refractivity (Wildman–Crippen MR) is 79.5 cm³/mol. The molecule has 1 rings (SSSR count). The second kappa shape index (κ2) is 7.26. The lowest BCUT2D eigenvalue weighted by molar-refractivity contribution is 0.560. The van der Waals surface area contributed by atoms with Gasteiger partial charge in [-0.25, -0.2) is 8.42 Å². The highest BCUT2D eigenvalue weighted by Gasteiger charge is 2.08. The van der Waals surface area contributed by atoms with Crippen LogP contribution >= 0.6 is 15.9 Å². The molecule has 0 aliphatic rings. The SMILES string of the molecule is CCS(=O)(=O)CCCN[C@H](C)c1ccc(Br)cc1. The lowest BCUT2D eigenvalue weighted by Crippen LogP contribution is -2.22. The van der Waals surface area contributed by atoms with E-state index in [9.17, 15) is 8.42 Å². The van der Waals surface area contributed by atoms with E-state index in [0.717, 1.165) is 11.0 Å². The predicted octanol–water partition coefficient (Wildman–Crippen LogP) is 2.92. The van der Waals surface area contributed by atoms with Crippen molar-refractivity contribution >= 4 is 25.8 Å². The molecule has 3 nitrogen and oxygen atoms in total. The first-order valence-corrected chi connectivity index (χ1v) is 8.75. The zero-order chi connectivity index (χ0) is 13.6. The summed E-state index contributed by atoms with van der Waals surface area (Å²) in [6, 6.07) is 8.38. The number of hydrogen-bond donors (Lipinski definition) is 1. The molecule has 5 heteroatoms. The molecule has 0 fully saturated rings. The van der Waals surface area contributed by atoms with Gasteiger partial charge in [0.2, 0.25) is 0 Å². The first kappa shape index (κ1) is 15.7. The number of sulfone groups is 1. The van der Waals surface area contributed by atoms with E-state index in [4.69, 9.17) is 0 Å². The van der Waals surface area contributed by atoms with Gasteiger partial charge in [0.1, 0.15) is 9.84 Å². The van der Waals surface area contributed by atoms with Gasteiger partial charge in [-0.05, 0) is 37.6 Å². The van der Waals surface area contributed by atoms with Crippen molar-refractivity contribution in [2.75, 3.05) is 18.1 Å². The van der Waals surface area contributed by atoms with Gasteiger partial charge < -0.3 is 5.32 Å². The molecule has 0 radical (unpaired) electrons. The third-order valence-corrected chi connectivity index (χ3v) is 5.21. The van der Waals surface area contributed by atoms with E-state index >= 15 is 0 Å². The van der Waals surface area contributed by atoms with Gasteiger partial charge in [0, 0.05) is 16.3 Å². The Kier molecular flexibility index (Phi) is 6.32. The molecule has 1 aromatic rings. The zero-order valence-corrected chi connectivity index (χ0v) is 13.2. The fourth-order valence-electron chi connectivity index (χ4n) is 1.62. The molecule has 1 aromatic carbocycles. The van der Waals surface area contributed by atoms with Gasteiger partial charge in [0.05, 0.1) is 5.75 Å². The number of halogens is 1. The molecular formula is C13H20BrNO2S. The summed E-state index contributed by atoms with van der Waals surface area (Å²) in [5.41, 5.74) is 1.21. The molecule has 18 heavy (non-hydrogen) atoms. The van der Waals surface area contributed by atoms with E-state index in [1.165, 1.54) is 5.56 Å². The summed E-state index contributed by atoms with van der Waals surface area (Å²) in [5, 5.41) is 3.34. The van der Waals surface area contributed by atoms with Gasteiger partial charge in [0.15, 0.2) is 0 Å². The van der Waals surface area contributed by atoms with Gasteiger partial charge in [-0.1, -0.05) is 35.0 Å². The van der Waals surface area contributed by atoms with E-state index in [1.54, 1.807) is 6.92 Å². The van der Waals surface area contributed by atoms with Crippen molar-refractivity contribution in [3.05, 3.63) is 34.3 Å². The van der Waals surface area contributed by atoms with E-state index < -0.39 is 9.84 Å². The molecule has 0 unspecified atom stereocenters. The molecule has 0 amide bonds. The van der Waals surface area contributed by atoms with Crippen molar-refractivity contribution in [2.45, 2.75) is 26.3 Å². The molecular weight excluding hydrogens is 314 g/mol. The molecule has 0 saturated carbocycles. The van der Waals surface area contributed by atoms with Gasteiger partial charge in [0.25, 0.3) is 0 Å². The highest BCUT2D eigenvalue weighted by Crippen LogP contribution is 2.16. The summed E-state index contributed by atoms with van der Waals surface area (Å²) < 4.78 is 23.7. The van der Waals surface area contributed by atoms with Crippen molar-refractivity contribution in [1.82, 2.24) is 5.32 Å². The molecule has 0 heterocycles. The van der Waals surface area contributed by atoms with Crippen LogP contribution in [-0.4, -0.2) is 26.5 Å². The van der Waals surface area contributed by atoms with E-state index in [-0.39, 0.29) is 17.5 Å². The molecule has 102 valence electrons. The Labute approximate surface area is 118 Å². The average molecular weight is 334 g/mol. The van der Waals surface area contributed by atoms with Crippen molar-refractivity contribution < 1.29 is 8.42 Å². The summed E-state index contributed by atoms with van der Waals surface area (Å²) in [6.45, 7) is 4.49. The topological polar surface area (TPSA) is 46.2 Å². The fraction of sp³-hybridized carbons (Fsp3) is 0.538. The second-order valence-electron chi connectivity index (χ2n) is 4.32. The summed E-state index contributed by atoms with van der Waals surface area (Å²) in [7, 11) is -2.83. The van der Waals surface area contributed by atoms with Crippen LogP contribution in [0.15, 0.2) is 28.7 Å². The monoisotopic (exact) mass is 333 g/mol. The Hall–Kier alpha value is -0.390. The highest BCUT2D eigenvalue weighted by atomic mass is 79.9. The zero-order valence-electron chi connectivity index (χ0n) is 10.8. The molecule has 0 bridgehead atoms. The molecule has 1 atom stereocenters. The van der Waals surface area contributed by atoms with Crippen LogP contribution in [0.4, 0.5) is 0 Å². The first-order chi connectivity index (χ1) is 8.44. The van der Waals surface area contributed by atoms with Gasteiger partial charge in [-0.3, -0.25) is 0 Å². The summed E-state index contributed by atoms with van der Waals surface area (Å²) >= 11 is 3.40. The van der Waals surface area contributed by atoms with E-state index in [2.05, 4.69) is 40.3 Å². The van der Waals surface area contributed by atoms with Crippen molar-refractivity contribution in [2.24, 2.45) is 0 Å². The van der Waals surface area contributed by atoms with Crippen LogP contribution in [0.2, 0.25) is 0 Å². The molecule has 1 N–H and O–H groups in total. The molecule has 0 aliphatic carbocycles. The van der Waals surface area contributed by atoms with Crippen molar-refractivity contribution in [3.63, 3.8) is 0 Å². The van der Waals surface area contributed by atoms with E-state index in [1.807, 2.05) is 12.1 Å². The molecule has 0 aromatic heterocycles. The van der Waals surface area contributed by atoms with Gasteiger partial charge >= 0.3 is 0 Å². The fourth-order valence-corrected chi connectivity index (χ4v) is 2.76. The van der Waals surface area contributed by atoms with Crippen molar-refractivity contribution in [3.8, 4) is 0 Å². The van der Waals surface area contributed by atoms with Crippen LogP contribution in [-0.2, 0) is 9.84 Å². The first-order valence-electron chi connectivity index (χ1n) is 6.14. The minimum Gasteiger partial charge on any atom is -0.310 e. The summed E-state index contributed by atoms with van der Waals surface area (Å²) in [5.74, 6) is 0.499. The quantitative estimate of drug-likeness (QED) is 0.780. The normalized spacial score (nSPS) is 13.5. The van der Waals surface area contributed by atoms with Crippen LogP contribution < -0.4 is 5.32 Å². The second-order valence-corrected chi connectivity index (χ2v) is 7.71. The summed E-state index contributed by atoms with van der Waals surface area (Å²) in [6.07, 6.45) is 0.664. The van der Waals surface area contributed by atoms with Gasteiger partial charge in [-0.2, -0.15) is 0 Å². The maximum absolute atomic E-state index is 11.3. The van der Waals surface area contributed by atoms with E-state index in [0.29, 0.717) is 6.42 Å². The van der Waals surface area contributed by atoms with Crippen LogP contribution in [0.1, 0.15) is 31.9 Å². The number of benzene rings is 1. The Morgan fingerprint density at radius 2 is 1.89 bits per heavy atom. The Bertz CT molecular complexity index is 456. The third-order valence-electron chi connectivity index (χ3n) is 2.89. The molecule has 0 saturated heterocycles. The molecule has 0 spiro atoms. The molecule has 0 aliphatic heterocycles. The van der Waals surface area contributed by atoms with Crippen LogP contribution in [0, 0.1) is 0 Å². The number of nitrogens with one attached hydrogen (secondary N) is 1. The Balaban J connectivity index is 2.34. The van der Waals surface area contributed by atoms with Crippen LogP contribution in [0.25, 0.3) is 0 Å². The van der Waals surface area contributed by atoms with Crippen LogP contribution in [0.5, 0.6) is 0 Å². The average Bonchev–Trinajstić information content (AvgIpc) is 2.35. The Morgan fingerprint density at radius 3 is 2.44 bits per heavy atom. The minimum absolute atomic E-state index is 0.231. The minimum atomic E-state index is -2.83. The maximum Gasteiger partial charge on any atom is 0.150 e. The Morgan fingerprint density at radius 1 is 1.28 bits per heavy atom. The highest BCUT2D eigenvalue weighted by molar-refractivity contribution is 9.10. The lowest BCUT2D eigenvalue weighted by Gasteiger charge is -2.14. The summed E-state index contributed by atoms with van der Waals surface area (Å²) in [4.78, 5) is 0.